The normalized spacial score (nSPS) is 42.7. The number of hydrogen-bond donors (Lipinski definition) is 0. The molecule has 2 fully saturated rings. The first kappa shape index (κ1) is 15.5. The summed E-state index contributed by atoms with van der Waals surface area (Å²) in [5.74, 6) is 4.55. The average molecular weight is 314 g/mol. The van der Waals surface area contributed by atoms with Crippen molar-refractivity contribution in [2.45, 2.75) is 65.2 Å². The molecule has 0 radical (unpaired) electrons. The molecule has 0 spiro atoms. The summed E-state index contributed by atoms with van der Waals surface area (Å²) < 4.78 is 5.52. The van der Waals surface area contributed by atoms with E-state index < -0.39 is 0 Å². The maximum absolute atomic E-state index is 12.6. The molecule has 4 rings (SSSR count). The lowest BCUT2D eigenvalue weighted by Gasteiger charge is -2.52. The highest BCUT2D eigenvalue weighted by Crippen LogP contribution is 2.61. The van der Waals surface area contributed by atoms with Crippen molar-refractivity contribution in [3.8, 4) is 0 Å². The third-order valence-electron chi connectivity index (χ3n) is 7.77. The highest BCUT2D eigenvalue weighted by molar-refractivity contribution is 5.87. The molecule has 2 saturated carbocycles. The molecule has 4 aliphatic rings. The molecule has 126 valence electrons. The average Bonchev–Trinajstić information content (AvgIpc) is 2.92. The van der Waals surface area contributed by atoms with E-state index in [2.05, 4.69) is 19.9 Å². The quantitative estimate of drug-likeness (QED) is 0.667. The fourth-order valence-electron chi connectivity index (χ4n) is 6.59. The van der Waals surface area contributed by atoms with E-state index in [1.807, 2.05) is 0 Å². The molecule has 4 aliphatic carbocycles. The van der Waals surface area contributed by atoms with Gasteiger partial charge in [-0.1, -0.05) is 25.0 Å². The van der Waals surface area contributed by atoms with E-state index in [0.717, 1.165) is 56.1 Å². The summed E-state index contributed by atoms with van der Waals surface area (Å²) in [4.78, 5) is 12.6. The molecule has 0 aromatic rings. The molecule has 0 aromatic carbocycles. The van der Waals surface area contributed by atoms with Crippen molar-refractivity contribution in [3.63, 3.8) is 0 Å². The molecule has 2 heteroatoms. The SMILES string of the molecule is CC[C@]12CC[C@@H]3C4=C(CC(OC)=CC4)C(C)C[C@H]3[C@@H]1CCC2=O. The second-order valence-electron chi connectivity index (χ2n) is 8.33. The van der Waals surface area contributed by atoms with E-state index >= 15 is 0 Å². The number of carbonyl (C=O) groups excluding carboxylic acids is 1. The van der Waals surface area contributed by atoms with Crippen LogP contribution >= 0.6 is 0 Å². The molecule has 0 aliphatic heterocycles. The molecule has 23 heavy (non-hydrogen) atoms. The largest absolute Gasteiger partial charge is 0.501 e. The van der Waals surface area contributed by atoms with Crippen LogP contribution in [-0.4, -0.2) is 12.9 Å². The molecule has 1 unspecified atom stereocenters. The van der Waals surface area contributed by atoms with Crippen molar-refractivity contribution in [1.82, 2.24) is 0 Å². The summed E-state index contributed by atoms with van der Waals surface area (Å²) >= 11 is 0. The number of hydrogen-bond acceptors (Lipinski definition) is 2. The molecular formula is C21H30O2. The van der Waals surface area contributed by atoms with Crippen molar-refractivity contribution >= 4 is 5.78 Å². The van der Waals surface area contributed by atoms with E-state index in [0.29, 0.717) is 17.6 Å². The molecule has 0 amide bonds. The van der Waals surface area contributed by atoms with Gasteiger partial charge in [-0.05, 0) is 68.3 Å². The van der Waals surface area contributed by atoms with E-state index in [4.69, 9.17) is 4.74 Å². The van der Waals surface area contributed by atoms with Gasteiger partial charge in [0.2, 0.25) is 0 Å². The molecule has 0 saturated heterocycles. The Balaban J connectivity index is 1.67. The number of methoxy groups -OCH3 is 1. The minimum absolute atomic E-state index is 0.0428. The first-order valence-electron chi connectivity index (χ1n) is 9.58. The zero-order chi connectivity index (χ0) is 16.2. The van der Waals surface area contributed by atoms with Crippen LogP contribution in [0, 0.1) is 29.1 Å². The lowest BCUT2D eigenvalue weighted by atomic mass is 9.52. The standard InChI is InChI=1S/C21H30O2/c1-4-21-10-9-16-15-6-5-14(23-3)12-17(15)13(2)11-18(16)19(21)7-8-20(21)22/h5,13,16,18-19H,4,6-12H2,1-3H3/t13?,16-,18-,19+,21+/m1/s1. The number of allylic oxidation sites excluding steroid dienone is 3. The Morgan fingerprint density at radius 3 is 2.87 bits per heavy atom. The molecule has 0 N–H and O–H groups in total. The summed E-state index contributed by atoms with van der Waals surface area (Å²) in [5, 5.41) is 0. The summed E-state index contributed by atoms with van der Waals surface area (Å²) in [5.41, 5.74) is 3.43. The van der Waals surface area contributed by atoms with Crippen LogP contribution < -0.4 is 0 Å². The summed E-state index contributed by atoms with van der Waals surface area (Å²) in [6.45, 7) is 4.66. The van der Waals surface area contributed by atoms with Gasteiger partial charge < -0.3 is 4.74 Å². The second kappa shape index (κ2) is 5.50. The predicted octanol–water partition coefficient (Wildman–Crippen LogP) is 5.05. The van der Waals surface area contributed by atoms with Crippen LogP contribution in [0.1, 0.15) is 65.2 Å². The van der Waals surface area contributed by atoms with Crippen LogP contribution in [0.15, 0.2) is 23.0 Å². The number of ether oxygens (including phenoxy) is 1. The minimum atomic E-state index is 0.0428. The van der Waals surface area contributed by atoms with Gasteiger partial charge in [0.15, 0.2) is 0 Å². The fourth-order valence-corrected chi connectivity index (χ4v) is 6.59. The van der Waals surface area contributed by atoms with Crippen LogP contribution in [0.3, 0.4) is 0 Å². The summed E-state index contributed by atoms with van der Waals surface area (Å²) in [6, 6.07) is 0. The minimum Gasteiger partial charge on any atom is -0.501 e. The maximum atomic E-state index is 12.6. The lowest BCUT2D eigenvalue weighted by molar-refractivity contribution is -0.131. The fraction of sp³-hybridized carbons (Fsp3) is 0.762. The Hall–Kier alpha value is -1.05. The van der Waals surface area contributed by atoms with E-state index in [1.165, 1.54) is 12.8 Å². The molecule has 0 bridgehead atoms. The van der Waals surface area contributed by atoms with Gasteiger partial charge in [0.1, 0.15) is 5.78 Å². The smallest absolute Gasteiger partial charge is 0.139 e. The highest BCUT2D eigenvalue weighted by atomic mass is 16.5. The van der Waals surface area contributed by atoms with Gasteiger partial charge >= 0.3 is 0 Å². The van der Waals surface area contributed by atoms with Crippen molar-refractivity contribution in [1.29, 1.82) is 0 Å². The Labute approximate surface area is 140 Å². The van der Waals surface area contributed by atoms with Crippen LogP contribution in [0.5, 0.6) is 0 Å². The zero-order valence-corrected chi connectivity index (χ0v) is 14.9. The number of rotatable bonds is 2. The molecular weight excluding hydrogens is 284 g/mol. The molecule has 0 heterocycles. The van der Waals surface area contributed by atoms with Crippen LogP contribution in [0.2, 0.25) is 0 Å². The number of ketones is 1. The van der Waals surface area contributed by atoms with Gasteiger partial charge in [0.25, 0.3) is 0 Å². The second-order valence-corrected chi connectivity index (χ2v) is 8.33. The van der Waals surface area contributed by atoms with Gasteiger partial charge in [-0.3, -0.25) is 4.79 Å². The van der Waals surface area contributed by atoms with Gasteiger partial charge in [-0.15, -0.1) is 0 Å². The zero-order valence-electron chi connectivity index (χ0n) is 14.9. The van der Waals surface area contributed by atoms with Gasteiger partial charge in [-0.25, -0.2) is 0 Å². The third-order valence-corrected chi connectivity index (χ3v) is 7.77. The Bertz CT molecular complexity index is 585. The number of fused-ring (bicyclic) bond motifs is 4. The predicted molar refractivity (Wildman–Crippen MR) is 91.8 cm³/mol. The van der Waals surface area contributed by atoms with Crippen molar-refractivity contribution in [2.24, 2.45) is 29.1 Å². The van der Waals surface area contributed by atoms with Crippen molar-refractivity contribution < 1.29 is 9.53 Å². The van der Waals surface area contributed by atoms with Crippen LogP contribution in [-0.2, 0) is 9.53 Å². The maximum Gasteiger partial charge on any atom is 0.139 e. The van der Waals surface area contributed by atoms with Gasteiger partial charge in [-0.2, -0.15) is 0 Å². The van der Waals surface area contributed by atoms with Gasteiger partial charge in [0, 0.05) is 18.3 Å². The summed E-state index contributed by atoms with van der Waals surface area (Å²) in [7, 11) is 1.80. The first-order valence-corrected chi connectivity index (χ1v) is 9.58. The first-order chi connectivity index (χ1) is 11.1. The van der Waals surface area contributed by atoms with E-state index in [1.54, 1.807) is 18.3 Å². The monoisotopic (exact) mass is 314 g/mol. The van der Waals surface area contributed by atoms with Gasteiger partial charge in [0.05, 0.1) is 12.9 Å². The Morgan fingerprint density at radius 1 is 1.30 bits per heavy atom. The topological polar surface area (TPSA) is 26.3 Å². The van der Waals surface area contributed by atoms with Crippen molar-refractivity contribution in [2.75, 3.05) is 7.11 Å². The van der Waals surface area contributed by atoms with E-state index in [9.17, 15) is 4.79 Å². The summed E-state index contributed by atoms with van der Waals surface area (Å²) in [6.07, 6.45) is 11.1. The van der Waals surface area contributed by atoms with Crippen molar-refractivity contribution in [3.05, 3.63) is 23.0 Å². The molecule has 2 nitrogen and oxygen atoms in total. The van der Waals surface area contributed by atoms with Crippen LogP contribution in [0.4, 0.5) is 0 Å². The lowest BCUT2D eigenvalue weighted by Crippen LogP contribution is -2.46. The third kappa shape index (κ3) is 2.09. The number of carbonyl (C=O) groups is 1. The van der Waals surface area contributed by atoms with E-state index in [-0.39, 0.29) is 5.41 Å². The Kier molecular flexibility index (Phi) is 3.70. The Morgan fingerprint density at radius 2 is 2.13 bits per heavy atom. The highest BCUT2D eigenvalue weighted by Gasteiger charge is 2.57. The van der Waals surface area contributed by atoms with Crippen LogP contribution in [0.25, 0.3) is 0 Å². The molecule has 0 aromatic heterocycles. The number of Topliss-reactive ketones (excluding diaryl/α,β-unsaturated/α-hetero) is 1. The molecule has 5 atom stereocenters.